The molecule has 0 rings (SSSR count). The second-order valence-electron chi connectivity index (χ2n) is 3.44. The zero-order valence-electron chi connectivity index (χ0n) is 9.70. The monoisotopic (exact) mass is 233 g/mol. The fourth-order valence-corrected chi connectivity index (χ4v) is 2.03. The molecule has 1 atom stereocenters. The van der Waals surface area contributed by atoms with Crippen molar-refractivity contribution in [3.63, 3.8) is 0 Å². The summed E-state index contributed by atoms with van der Waals surface area (Å²) in [7, 11) is 1.33. The van der Waals surface area contributed by atoms with Crippen molar-refractivity contribution < 1.29 is 14.3 Å². The minimum atomic E-state index is -0.306. The van der Waals surface area contributed by atoms with Gasteiger partial charge < -0.3 is 10.1 Å². The molecule has 0 spiro atoms. The summed E-state index contributed by atoms with van der Waals surface area (Å²) in [4.78, 5) is 22.2. The van der Waals surface area contributed by atoms with Crippen LogP contribution in [-0.2, 0) is 14.3 Å². The van der Waals surface area contributed by atoms with E-state index in [-0.39, 0.29) is 23.5 Å². The van der Waals surface area contributed by atoms with Gasteiger partial charge in [0.1, 0.15) is 0 Å². The molecule has 4 nitrogen and oxygen atoms in total. The quantitative estimate of drug-likeness (QED) is 0.700. The first-order chi connectivity index (χ1) is 6.97. The van der Waals surface area contributed by atoms with Crippen LogP contribution in [0, 0.1) is 0 Å². The first kappa shape index (κ1) is 14.3. The molecule has 1 N–H and O–H groups in total. The summed E-state index contributed by atoms with van der Waals surface area (Å²) in [5.41, 5.74) is 0. The van der Waals surface area contributed by atoms with Gasteiger partial charge in [-0.15, -0.1) is 11.8 Å². The molecule has 0 bridgehead atoms. The molecule has 5 heteroatoms. The molecule has 0 aliphatic heterocycles. The predicted octanol–water partition coefficient (Wildman–Crippen LogP) is 1.20. The van der Waals surface area contributed by atoms with E-state index in [1.165, 1.54) is 7.11 Å². The number of ether oxygens (including phenoxy) is 1. The number of hydrogen-bond acceptors (Lipinski definition) is 4. The van der Waals surface area contributed by atoms with Crippen LogP contribution >= 0.6 is 11.8 Å². The second kappa shape index (κ2) is 7.56. The lowest BCUT2D eigenvalue weighted by Gasteiger charge is -2.13. The lowest BCUT2D eigenvalue weighted by Crippen LogP contribution is -2.33. The molecule has 0 heterocycles. The molecule has 0 fully saturated rings. The maximum absolute atomic E-state index is 11.5. The maximum atomic E-state index is 11.5. The predicted molar refractivity (Wildman–Crippen MR) is 61.8 cm³/mol. The molecule has 1 unspecified atom stereocenters. The fraction of sp³-hybridized carbons (Fsp3) is 0.800. The van der Waals surface area contributed by atoms with Crippen LogP contribution in [-0.4, -0.2) is 36.0 Å². The molecule has 0 saturated heterocycles. The van der Waals surface area contributed by atoms with Crippen LogP contribution in [0.15, 0.2) is 0 Å². The number of nitrogens with one attached hydrogen (secondary N) is 1. The molecule has 1 amide bonds. The molecule has 15 heavy (non-hydrogen) atoms. The van der Waals surface area contributed by atoms with Crippen LogP contribution in [0.25, 0.3) is 0 Å². The van der Waals surface area contributed by atoms with Crippen molar-refractivity contribution >= 4 is 23.6 Å². The van der Waals surface area contributed by atoms with Crippen molar-refractivity contribution in [2.75, 3.05) is 13.7 Å². The highest BCUT2D eigenvalue weighted by molar-refractivity contribution is 8.01. The van der Waals surface area contributed by atoms with Gasteiger partial charge in [0.25, 0.3) is 0 Å². The van der Waals surface area contributed by atoms with E-state index < -0.39 is 0 Å². The molecule has 0 aliphatic rings. The zero-order chi connectivity index (χ0) is 11.8. The standard InChI is InChI=1S/C10H19NO3S/c1-7(2)15-8(3)10(13)11-6-5-9(12)14-4/h7-8H,5-6H2,1-4H3,(H,11,13). The number of hydrogen-bond donors (Lipinski definition) is 1. The third kappa shape index (κ3) is 7.25. The molecule has 0 saturated carbocycles. The molecule has 88 valence electrons. The number of esters is 1. The lowest BCUT2D eigenvalue weighted by atomic mass is 10.4. The Hall–Kier alpha value is -0.710. The van der Waals surface area contributed by atoms with Gasteiger partial charge in [0.05, 0.1) is 18.8 Å². The highest BCUT2D eigenvalue weighted by Gasteiger charge is 2.14. The number of rotatable bonds is 6. The minimum Gasteiger partial charge on any atom is -0.469 e. The van der Waals surface area contributed by atoms with Gasteiger partial charge in [-0.2, -0.15) is 0 Å². The number of carbonyl (C=O) groups is 2. The Labute approximate surface area is 95.1 Å². The molecular weight excluding hydrogens is 214 g/mol. The number of amides is 1. The summed E-state index contributed by atoms with van der Waals surface area (Å²) in [5.74, 6) is -0.336. The number of thioether (sulfide) groups is 1. The molecular formula is C10H19NO3S. The summed E-state index contributed by atoms with van der Waals surface area (Å²) in [6.45, 7) is 6.29. The average Bonchev–Trinajstić information content (AvgIpc) is 2.16. The van der Waals surface area contributed by atoms with E-state index in [0.29, 0.717) is 11.8 Å². The van der Waals surface area contributed by atoms with Gasteiger partial charge >= 0.3 is 5.97 Å². The van der Waals surface area contributed by atoms with E-state index in [4.69, 9.17) is 0 Å². The normalized spacial score (nSPS) is 12.3. The van der Waals surface area contributed by atoms with Gasteiger partial charge in [-0.25, -0.2) is 0 Å². The Morgan fingerprint density at radius 3 is 2.40 bits per heavy atom. The van der Waals surface area contributed by atoms with E-state index in [9.17, 15) is 9.59 Å². The molecule has 0 radical (unpaired) electrons. The van der Waals surface area contributed by atoms with E-state index >= 15 is 0 Å². The van der Waals surface area contributed by atoms with E-state index in [0.717, 1.165) is 0 Å². The van der Waals surface area contributed by atoms with Crippen molar-refractivity contribution in [3.8, 4) is 0 Å². The van der Waals surface area contributed by atoms with Crippen molar-refractivity contribution in [1.82, 2.24) is 5.32 Å². The molecule has 0 aromatic rings. The second-order valence-corrected chi connectivity index (χ2v) is 5.37. The van der Waals surface area contributed by atoms with Gasteiger partial charge in [0.2, 0.25) is 5.91 Å². The SMILES string of the molecule is COC(=O)CCNC(=O)C(C)SC(C)C. The van der Waals surface area contributed by atoms with Crippen LogP contribution in [0.5, 0.6) is 0 Å². The third-order valence-corrected chi connectivity index (χ3v) is 2.87. The van der Waals surface area contributed by atoms with Gasteiger partial charge in [-0.1, -0.05) is 13.8 Å². The highest BCUT2D eigenvalue weighted by Crippen LogP contribution is 2.16. The Balaban J connectivity index is 3.69. The van der Waals surface area contributed by atoms with Crippen LogP contribution in [0.1, 0.15) is 27.2 Å². The number of methoxy groups -OCH3 is 1. The Morgan fingerprint density at radius 1 is 1.33 bits per heavy atom. The van der Waals surface area contributed by atoms with Crippen molar-refractivity contribution in [1.29, 1.82) is 0 Å². The van der Waals surface area contributed by atoms with Crippen molar-refractivity contribution in [2.45, 2.75) is 37.7 Å². The van der Waals surface area contributed by atoms with Crippen molar-refractivity contribution in [3.05, 3.63) is 0 Å². The Kier molecular flexibility index (Phi) is 7.21. The van der Waals surface area contributed by atoms with Crippen LogP contribution in [0.2, 0.25) is 0 Å². The first-order valence-corrected chi connectivity index (χ1v) is 5.91. The van der Waals surface area contributed by atoms with Crippen LogP contribution < -0.4 is 5.32 Å². The zero-order valence-corrected chi connectivity index (χ0v) is 10.5. The van der Waals surface area contributed by atoms with Gasteiger partial charge in [-0.3, -0.25) is 9.59 Å². The van der Waals surface area contributed by atoms with Gasteiger partial charge in [0.15, 0.2) is 0 Å². The average molecular weight is 233 g/mol. The largest absolute Gasteiger partial charge is 0.469 e. The van der Waals surface area contributed by atoms with Gasteiger partial charge in [0, 0.05) is 6.54 Å². The van der Waals surface area contributed by atoms with Crippen molar-refractivity contribution in [2.24, 2.45) is 0 Å². The van der Waals surface area contributed by atoms with E-state index in [1.807, 2.05) is 20.8 Å². The summed E-state index contributed by atoms with van der Waals surface area (Å²) >= 11 is 1.60. The smallest absolute Gasteiger partial charge is 0.307 e. The first-order valence-electron chi connectivity index (χ1n) is 4.97. The summed E-state index contributed by atoms with van der Waals surface area (Å²) in [5, 5.41) is 3.03. The Morgan fingerprint density at radius 2 is 1.93 bits per heavy atom. The topological polar surface area (TPSA) is 55.4 Å². The highest BCUT2D eigenvalue weighted by atomic mass is 32.2. The fourth-order valence-electron chi connectivity index (χ4n) is 1.00. The maximum Gasteiger partial charge on any atom is 0.307 e. The van der Waals surface area contributed by atoms with E-state index in [1.54, 1.807) is 11.8 Å². The van der Waals surface area contributed by atoms with Gasteiger partial charge in [-0.05, 0) is 12.2 Å². The lowest BCUT2D eigenvalue weighted by molar-refractivity contribution is -0.140. The summed E-state index contributed by atoms with van der Waals surface area (Å²) in [6.07, 6.45) is 0.224. The van der Waals surface area contributed by atoms with E-state index in [2.05, 4.69) is 10.1 Å². The molecule has 0 aliphatic carbocycles. The number of carbonyl (C=O) groups excluding carboxylic acids is 2. The molecule has 0 aromatic carbocycles. The summed E-state index contributed by atoms with van der Waals surface area (Å²) in [6, 6.07) is 0. The Bertz CT molecular complexity index is 219. The van der Waals surface area contributed by atoms with Crippen LogP contribution in [0.4, 0.5) is 0 Å². The minimum absolute atomic E-state index is 0.0300. The van der Waals surface area contributed by atoms with Crippen LogP contribution in [0.3, 0.4) is 0 Å². The molecule has 0 aromatic heterocycles. The third-order valence-electron chi connectivity index (χ3n) is 1.70. The summed E-state index contributed by atoms with van der Waals surface area (Å²) < 4.78 is 4.46.